The molecule has 1 saturated heterocycles. The minimum atomic E-state index is -0.222. The van der Waals surface area contributed by atoms with E-state index in [9.17, 15) is 9.59 Å². The number of hydrogen-bond donors (Lipinski definition) is 3. The van der Waals surface area contributed by atoms with E-state index in [1.807, 2.05) is 42.6 Å². The van der Waals surface area contributed by atoms with Gasteiger partial charge in [-0.25, -0.2) is 9.31 Å². The molecule has 1 aliphatic carbocycles. The van der Waals surface area contributed by atoms with Crippen LogP contribution in [0, 0.1) is 0 Å². The van der Waals surface area contributed by atoms with Crippen LogP contribution in [0.1, 0.15) is 48.0 Å². The minimum absolute atomic E-state index is 0.0472. The molecule has 1 saturated carbocycles. The fraction of sp³-hybridized carbons (Fsp3) is 0.407. The molecule has 3 aliphatic rings. The number of ether oxygens (including phenoxy) is 1. The smallest absolute Gasteiger partial charge is 0.410 e. The number of piperidine rings is 1. The van der Waals surface area contributed by atoms with E-state index in [2.05, 4.69) is 27.1 Å². The lowest BCUT2D eigenvalue weighted by Gasteiger charge is -2.26. The third-order valence-corrected chi connectivity index (χ3v) is 7.05. The van der Waals surface area contributed by atoms with Crippen molar-refractivity contribution in [2.24, 2.45) is 0 Å². The molecule has 2 fully saturated rings. The maximum Gasteiger partial charge on any atom is 0.410 e. The number of carbonyl (C=O) groups excluding carboxylic acids is 2. The summed E-state index contributed by atoms with van der Waals surface area (Å²) in [5.41, 5.74) is 4.33. The number of nitrogens with zero attached hydrogens (tertiary/aromatic N) is 4. The quantitative estimate of drug-likeness (QED) is 0.475. The molecule has 3 aromatic rings. The average Bonchev–Trinajstić information content (AvgIpc) is 3.65. The van der Waals surface area contributed by atoms with Crippen molar-refractivity contribution in [2.75, 3.05) is 31.5 Å². The van der Waals surface area contributed by atoms with E-state index in [1.54, 1.807) is 9.42 Å². The first-order chi connectivity index (χ1) is 18.1. The lowest BCUT2D eigenvalue weighted by Crippen LogP contribution is -2.42. The lowest BCUT2D eigenvalue weighted by molar-refractivity contribution is 0.0928. The number of amides is 2. The van der Waals surface area contributed by atoms with Crippen molar-refractivity contribution in [2.45, 2.75) is 44.2 Å². The second-order valence-corrected chi connectivity index (χ2v) is 9.83. The van der Waals surface area contributed by atoms with E-state index < -0.39 is 0 Å². The first-order valence-corrected chi connectivity index (χ1v) is 13.0. The summed E-state index contributed by atoms with van der Waals surface area (Å²) >= 11 is 0. The molecule has 10 heteroatoms. The zero-order valence-electron chi connectivity index (χ0n) is 20.7. The van der Waals surface area contributed by atoms with Gasteiger partial charge >= 0.3 is 6.09 Å². The number of anilines is 2. The van der Waals surface area contributed by atoms with Gasteiger partial charge in [0.25, 0.3) is 5.91 Å². The Kier molecular flexibility index (Phi) is 6.48. The van der Waals surface area contributed by atoms with Crippen molar-refractivity contribution in [3.63, 3.8) is 0 Å². The van der Waals surface area contributed by atoms with E-state index in [0.29, 0.717) is 24.6 Å². The number of benzene rings is 1. The summed E-state index contributed by atoms with van der Waals surface area (Å²) in [5.74, 6) is 0.430. The fourth-order valence-electron chi connectivity index (χ4n) is 4.76. The zero-order valence-corrected chi connectivity index (χ0v) is 20.7. The number of fused-ring (bicyclic) bond motifs is 1. The SMILES string of the molecule is O=C(NC1CCNCC1)c1ccc(Nc2nc3c(C4=CCN(C(=O)OC5CC5)CC4)cccn3n2)cc1. The molecule has 10 nitrogen and oxygen atoms in total. The molecule has 0 radical (unpaired) electrons. The van der Waals surface area contributed by atoms with Crippen molar-refractivity contribution in [1.29, 1.82) is 0 Å². The van der Waals surface area contributed by atoms with Gasteiger partial charge in [-0.1, -0.05) is 6.08 Å². The molecule has 3 N–H and O–H groups in total. The molecular weight excluding hydrogens is 470 g/mol. The van der Waals surface area contributed by atoms with Crippen LogP contribution in [0.25, 0.3) is 11.2 Å². The number of nitrogens with one attached hydrogen (secondary N) is 3. The highest BCUT2D eigenvalue weighted by Crippen LogP contribution is 2.28. The Morgan fingerprint density at radius 1 is 1.05 bits per heavy atom. The molecule has 2 aliphatic heterocycles. The third-order valence-electron chi connectivity index (χ3n) is 7.05. The number of rotatable bonds is 6. The van der Waals surface area contributed by atoms with Crippen LogP contribution in [0.15, 0.2) is 48.7 Å². The predicted octanol–water partition coefficient (Wildman–Crippen LogP) is 3.34. The molecule has 0 unspecified atom stereocenters. The topological polar surface area (TPSA) is 113 Å². The first kappa shape index (κ1) is 23.5. The molecular formula is C27H31N7O3. The zero-order chi connectivity index (χ0) is 25.2. The van der Waals surface area contributed by atoms with Crippen LogP contribution < -0.4 is 16.0 Å². The predicted molar refractivity (Wildman–Crippen MR) is 140 cm³/mol. The minimum Gasteiger partial charge on any atom is -0.446 e. The van der Waals surface area contributed by atoms with Gasteiger partial charge in [0.1, 0.15) is 6.10 Å². The summed E-state index contributed by atoms with van der Waals surface area (Å²) in [6, 6.07) is 11.6. The summed E-state index contributed by atoms with van der Waals surface area (Å²) < 4.78 is 7.18. The van der Waals surface area contributed by atoms with Gasteiger partial charge in [0.05, 0.1) is 0 Å². The third kappa shape index (κ3) is 5.43. The van der Waals surface area contributed by atoms with Crippen molar-refractivity contribution < 1.29 is 14.3 Å². The van der Waals surface area contributed by atoms with Gasteiger partial charge in [-0.15, -0.1) is 5.10 Å². The molecule has 2 aromatic heterocycles. The maximum absolute atomic E-state index is 12.6. The Labute approximate surface area is 215 Å². The van der Waals surface area contributed by atoms with Gasteiger partial charge < -0.3 is 25.6 Å². The highest BCUT2D eigenvalue weighted by molar-refractivity contribution is 5.94. The fourth-order valence-corrected chi connectivity index (χ4v) is 4.76. The summed E-state index contributed by atoms with van der Waals surface area (Å²) in [6.07, 6.45) is 8.42. The summed E-state index contributed by atoms with van der Waals surface area (Å²) in [4.78, 5) is 31.3. The highest BCUT2D eigenvalue weighted by Gasteiger charge is 2.29. The van der Waals surface area contributed by atoms with Gasteiger partial charge in [-0.05, 0) is 87.2 Å². The van der Waals surface area contributed by atoms with E-state index in [4.69, 9.17) is 9.72 Å². The Hall–Kier alpha value is -3.92. The molecule has 0 spiro atoms. The first-order valence-electron chi connectivity index (χ1n) is 13.0. The Bertz CT molecular complexity index is 1320. The van der Waals surface area contributed by atoms with Crippen molar-refractivity contribution in [3.8, 4) is 0 Å². The Morgan fingerprint density at radius 2 is 1.86 bits per heavy atom. The van der Waals surface area contributed by atoms with Gasteiger partial charge in [0, 0.05) is 42.1 Å². The van der Waals surface area contributed by atoms with Gasteiger partial charge in [0.2, 0.25) is 5.95 Å². The largest absolute Gasteiger partial charge is 0.446 e. The van der Waals surface area contributed by atoms with Crippen LogP contribution in [0.5, 0.6) is 0 Å². The van der Waals surface area contributed by atoms with Gasteiger partial charge in [0.15, 0.2) is 5.65 Å². The number of carbonyl (C=O) groups is 2. The van der Waals surface area contributed by atoms with E-state index in [1.165, 1.54) is 0 Å². The van der Waals surface area contributed by atoms with Crippen LogP contribution in [0.4, 0.5) is 16.4 Å². The van der Waals surface area contributed by atoms with E-state index in [-0.39, 0.29) is 24.1 Å². The second kappa shape index (κ2) is 10.2. The van der Waals surface area contributed by atoms with E-state index >= 15 is 0 Å². The van der Waals surface area contributed by atoms with Crippen LogP contribution in [0.3, 0.4) is 0 Å². The number of aromatic nitrogens is 3. The van der Waals surface area contributed by atoms with Crippen LogP contribution in [-0.2, 0) is 4.74 Å². The highest BCUT2D eigenvalue weighted by atomic mass is 16.6. The van der Waals surface area contributed by atoms with Crippen LogP contribution in [0.2, 0.25) is 0 Å². The molecule has 37 heavy (non-hydrogen) atoms. The van der Waals surface area contributed by atoms with E-state index in [0.717, 1.165) is 67.7 Å². The monoisotopic (exact) mass is 501 g/mol. The molecule has 6 rings (SSSR count). The van der Waals surface area contributed by atoms with Crippen molar-refractivity contribution >= 4 is 34.9 Å². The number of pyridine rings is 1. The molecule has 4 heterocycles. The van der Waals surface area contributed by atoms with Crippen LogP contribution >= 0.6 is 0 Å². The maximum atomic E-state index is 12.6. The van der Waals surface area contributed by atoms with Crippen LogP contribution in [-0.4, -0.2) is 69.8 Å². The molecule has 1 aromatic carbocycles. The van der Waals surface area contributed by atoms with Gasteiger partial charge in [-0.3, -0.25) is 4.79 Å². The standard InChI is InChI=1S/C27H31N7O3/c35-25(29-21-9-13-28-14-10-21)19-3-5-20(6-4-19)30-26-31-24-23(2-1-15-34(24)32-26)18-11-16-33(17-12-18)27(36)37-22-7-8-22/h1-6,11,15,21-22,28H,7-10,12-14,16-17H2,(H,29,35)(H,30,32). The molecule has 0 bridgehead atoms. The normalized spacial score (nSPS) is 18.4. The molecule has 2 amide bonds. The number of hydrogen-bond acceptors (Lipinski definition) is 7. The second-order valence-electron chi connectivity index (χ2n) is 9.83. The Balaban J connectivity index is 1.12. The summed E-state index contributed by atoms with van der Waals surface area (Å²) in [5, 5.41) is 14.2. The Morgan fingerprint density at radius 3 is 2.59 bits per heavy atom. The lowest BCUT2D eigenvalue weighted by atomic mass is 10.0. The van der Waals surface area contributed by atoms with Gasteiger partial charge in [-0.2, -0.15) is 4.98 Å². The average molecular weight is 502 g/mol. The summed E-state index contributed by atoms with van der Waals surface area (Å²) in [6.45, 7) is 3.02. The molecule has 0 atom stereocenters. The van der Waals surface area contributed by atoms with Crippen molar-refractivity contribution in [1.82, 2.24) is 30.1 Å². The summed E-state index contributed by atoms with van der Waals surface area (Å²) in [7, 11) is 0. The molecule has 192 valence electrons. The van der Waals surface area contributed by atoms with Crippen molar-refractivity contribution in [3.05, 3.63) is 59.8 Å².